The number of fused-ring (bicyclic) bond motifs is 1. The summed E-state index contributed by atoms with van der Waals surface area (Å²) in [5.41, 5.74) is 3.39. The van der Waals surface area contributed by atoms with Gasteiger partial charge in [-0.3, -0.25) is 0 Å². The molecule has 1 aromatic carbocycles. The van der Waals surface area contributed by atoms with Crippen molar-refractivity contribution in [2.75, 3.05) is 7.11 Å². The van der Waals surface area contributed by atoms with Gasteiger partial charge in [0.15, 0.2) is 11.5 Å². The van der Waals surface area contributed by atoms with Gasteiger partial charge in [-0.1, -0.05) is 45.0 Å². The molecule has 5 heteroatoms. The lowest BCUT2D eigenvalue weighted by Crippen LogP contribution is -2.10. The Morgan fingerprint density at radius 2 is 1.83 bits per heavy atom. The van der Waals surface area contributed by atoms with Crippen LogP contribution in [0.4, 0.5) is 0 Å². The van der Waals surface area contributed by atoms with Gasteiger partial charge in [0.1, 0.15) is 0 Å². The predicted octanol–water partition coefficient (Wildman–Crippen LogP) is 3.48. The minimum atomic E-state index is -0.383. The molecule has 23 heavy (non-hydrogen) atoms. The fourth-order valence-corrected chi connectivity index (χ4v) is 2.37. The Labute approximate surface area is 134 Å². The normalized spacial score (nSPS) is 11.7. The van der Waals surface area contributed by atoms with E-state index in [-0.39, 0.29) is 11.4 Å². The fourth-order valence-electron chi connectivity index (χ4n) is 2.37. The van der Waals surface area contributed by atoms with Gasteiger partial charge in [0.05, 0.1) is 12.7 Å². The molecule has 118 valence electrons. The molecule has 0 aliphatic carbocycles. The zero-order chi connectivity index (χ0) is 16.6. The van der Waals surface area contributed by atoms with E-state index in [1.54, 1.807) is 22.8 Å². The molecule has 0 radical (unpaired) electrons. The van der Waals surface area contributed by atoms with Crippen molar-refractivity contribution < 1.29 is 9.53 Å². The minimum absolute atomic E-state index is 0.111. The van der Waals surface area contributed by atoms with Gasteiger partial charge in [0.25, 0.3) is 0 Å². The van der Waals surface area contributed by atoms with Crippen molar-refractivity contribution >= 4 is 11.6 Å². The molecule has 0 spiro atoms. The van der Waals surface area contributed by atoms with Crippen molar-refractivity contribution in [1.82, 2.24) is 14.6 Å². The Morgan fingerprint density at radius 3 is 2.43 bits per heavy atom. The quantitative estimate of drug-likeness (QED) is 0.680. The molecular weight excluding hydrogens is 290 g/mol. The van der Waals surface area contributed by atoms with Crippen molar-refractivity contribution in [3.05, 3.63) is 53.7 Å². The second kappa shape index (κ2) is 5.50. The van der Waals surface area contributed by atoms with Gasteiger partial charge in [0, 0.05) is 11.8 Å². The minimum Gasteiger partial charge on any atom is -0.465 e. The van der Waals surface area contributed by atoms with Crippen molar-refractivity contribution in [3.8, 4) is 11.4 Å². The Bertz CT molecular complexity index is 858. The number of esters is 1. The highest BCUT2D eigenvalue weighted by Crippen LogP contribution is 2.25. The highest BCUT2D eigenvalue weighted by atomic mass is 16.5. The number of methoxy groups -OCH3 is 1. The number of hydrogen-bond acceptors (Lipinski definition) is 4. The van der Waals surface area contributed by atoms with Crippen LogP contribution in [0, 0.1) is 0 Å². The molecule has 3 aromatic rings. The standard InChI is InChI=1S/C18H19N3O2/c1-18(2,3)14-7-5-12(6-8-14)16-19-15-11-13(17(22)23-4)9-10-21(15)20-16/h5-11H,1-4H3. The summed E-state index contributed by atoms with van der Waals surface area (Å²) in [5, 5.41) is 4.45. The van der Waals surface area contributed by atoms with E-state index in [9.17, 15) is 4.79 Å². The van der Waals surface area contributed by atoms with Gasteiger partial charge in [-0.15, -0.1) is 5.10 Å². The number of rotatable bonds is 2. The number of nitrogens with zero attached hydrogens (tertiary/aromatic N) is 3. The zero-order valence-electron chi connectivity index (χ0n) is 13.7. The number of ether oxygens (including phenoxy) is 1. The second-order valence-electron chi connectivity index (χ2n) is 6.47. The summed E-state index contributed by atoms with van der Waals surface area (Å²) in [6, 6.07) is 11.6. The van der Waals surface area contributed by atoms with Gasteiger partial charge >= 0.3 is 5.97 Å². The van der Waals surface area contributed by atoms with Crippen LogP contribution in [0.25, 0.3) is 17.0 Å². The van der Waals surface area contributed by atoms with E-state index in [0.29, 0.717) is 17.0 Å². The van der Waals surface area contributed by atoms with Crippen molar-refractivity contribution in [1.29, 1.82) is 0 Å². The molecule has 0 saturated heterocycles. The van der Waals surface area contributed by atoms with Gasteiger partial charge < -0.3 is 4.74 Å². The molecule has 0 fully saturated rings. The average Bonchev–Trinajstić information content (AvgIpc) is 2.96. The maximum Gasteiger partial charge on any atom is 0.338 e. The van der Waals surface area contributed by atoms with E-state index in [1.165, 1.54) is 12.7 Å². The molecule has 0 atom stereocenters. The fraction of sp³-hybridized carbons (Fsp3) is 0.278. The molecule has 0 bridgehead atoms. The summed E-state index contributed by atoms with van der Waals surface area (Å²) in [6.07, 6.45) is 1.71. The molecule has 0 amide bonds. The van der Waals surface area contributed by atoms with E-state index in [4.69, 9.17) is 4.74 Å². The third kappa shape index (κ3) is 2.95. The average molecular weight is 309 g/mol. The third-order valence-corrected chi connectivity index (χ3v) is 3.77. The highest BCUT2D eigenvalue weighted by molar-refractivity contribution is 5.90. The zero-order valence-corrected chi connectivity index (χ0v) is 13.7. The van der Waals surface area contributed by atoms with Crippen LogP contribution in [0.1, 0.15) is 36.7 Å². The summed E-state index contributed by atoms with van der Waals surface area (Å²) in [7, 11) is 1.36. The van der Waals surface area contributed by atoms with E-state index >= 15 is 0 Å². The van der Waals surface area contributed by atoms with Crippen LogP contribution in [0.15, 0.2) is 42.6 Å². The molecule has 5 nitrogen and oxygen atoms in total. The molecule has 0 aliphatic heterocycles. The van der Waals surface area contributed by atoms with Crippen LogP contribution in [0.5, 0.6) is 0 Å². The van der Waals surface area contributed by atoms with Crippen molar-refractivity contribution in [2.24, 2.45) is 0 Å². The van der Waals surface area contributed by atoms with E-state index in [1.807, 2.05) is 12.1 Å². The van der Waals surface area contributed by atoms with Crippen LogP contribution < -0.4 is 0 Å². The third-order valence-electron chi connectivity index (χ3n) is 3.77. The number of carbonyl (C=O) groups is 1. The predicted molar refractivity (Wildman–Crippen MR) is 88.5 cm³/mol. The van der Waals surface area contributed by atoms with Crippen molar-refractivity contribution in [2.45, 2.75) is 26.2 Å². The Kier molecular flexibility index (Phi) is 3.64. The molecule has 2 heterocycles. The number of carbonyl (C=O) groups excluding carboxylic acids is 1. The van der Waals surface area contributed by atoms with Gasteiger partial charge in [0.2, 0.25) is 0 Å². The summed E-state index contributed by atoms with van der Waals surface area (Å²) < 4.78 is 6.38. The van der Waals surface area contributed by atoms with Gasteiger partial charge in [-0.25, -0.2) is 14.3 Å². The molecular formula is C18H19N3O2. The van der Waals surface area contributed by atoms with E-state index in [0.717, 1.165) is 5.56 Å². The lowest BCUT2D eigenvalue weighted by molar-refractivity contribution is 0.0600. The Morgan fingerprint density at radius 1 is 1.13 bits per heavy atom. The van der Waals surface area contributed by atoms with Gasteiger partial charge in [-0.2, -0.15) is 0 Å². The molecule has 3 rings (SSSR count). The summed E-state index contributed by atoms with van der Waals surface area (Å²) in [5.74, 6) is 0.249. The number of aromatic nitrogens is 3. The van der Waals surface area contributed by atoms with Crippen LogP contribution in [0.3, 0.4) is 0 Å². The van der Waals surface area contributed by atoms with Crippen LogP contribution in [-0.2, 0) is 10.2 Å². The largest absolute Gasteiger partial charge is 0.465 e. The van der Waals surface area contributed by atoms with Crippen LogP contribution in [-0.4, -0.2) is 27.7 Å². The summed E-state index contributed by atoms with van der Waals surface area (Å²) in [6.45, 7) is 6.54. The lowest BCUT2D eigenvalue weighted by Gasteiger charge is -2.18. The van der Waals surface area contributed by atoms with Crippen LogP contribution in [0.2, 0.25) is 0 Å². The van der Waals surface area contributed by atoms with E-state index in [2.05, 4.69) is 43.0 Å². The first kappa shape index (κ1) is 15.2. The Hall–Kier alpha value is -2.69. The molecule has 0 aliphatic rings. The molecule has 0 N–H and O–H groups in total. The van der Waals surface area contributed by atoms with Crippen molar-refractivity contribution in [3.63, 3.8) is 0 Å². The van der Waals surface area contributed by atoms with Crippen LogP contribution >= 0.6 is 0 Å². The number of hydrogen-bond donors (Lipinski definition) is 0. The first-order chi connectivity index (χ1) is 10.9. The van der Waals surface area contributed by atoms with Gasteiger partial charge in [-0.05, 0) is 23.1 Å². The van der Waals surface area contributed by atoms with E-state index < -0.39 is 0 Å². The maximum absolute atomic E-state index is 11.6. The monoisotopic (exact) mass is 309 g/mol. The Balaban J connectivity index is 1.98. The second-order valence-corrected chi connectivity index (χ2v) is 6.47. The first-order valence-electron chi connectivity index (χ1n) is 7.44. The SMILES string of the molecule is COC(=O)c1ccn2nc(-c3ccc(C(C)(C)C)cc3)nc2c1. The smallest absolute Gasteiger partial charge is 0.338 e. The highest BCUT2D eigenvalue weighted by Gasteiger charge is 2.14. The topological polar surface area (TPSA) is 56.5 Å². The molecule has 0 unspecified atom stereocenters. The molecule has 0 saturated carbocycles. The summed E-state index contributed by atoms with van der Waals surface area (Å²) >= 11 is 0. The first-order valence-corrected chi connectivity index (χ1v) is 7.44. The lowest BCUT2D eigenvalue weighted by atomic mass is 9.87. The molecule has 2 aromatic heterocycles. The number of benzene rings is 1. The number of pyridine rings is 1. The summed E-state index contributed by atoms with van der Waals surface area (Å²) in [4.78, 5) is 16.1. The maximum atomic E-state index is 11.6.